The van der Waals surface area contributed by atoms with Crippen molar-refractivity contribution in [3.05, 3.63) is 35.4 Å². The molecule has 1 aromatic rings. The number of hydrogen-bond acceptors (Lipinski definition) is 1. The van der Waals surface area contributed by atoms with Gasteiger partial charge in [-0.15, -0.1) is 0 Å². The first-order valence-corrected chi connectivity index (χ1v) is 6.80. The maximum Gasteiger partial charge on any atom is -0.00134 e. The summed E-state index contributed by atoms with van der Waals surface area (Å²) in [5.41, 5.74) is 3.40. The highest BCUT2D eigenvalue weighted by molar-refractivity contribution is 5.31. The number of benzene rings is 1. The molecule has 1 aliphatic heterocycles. The van der Waals surface area contributed by atoms with Crippen molar-refractivity contribution in [2.75, 3.05) is 20.1 Å². The molecule has 1 aliphatic rings. The van der Waals surface area contributed by atoms with Crippen molar-refractivity contribution in [3.8, 4) is 0 Å². The Morgan fingerprint density at radius 1 is 1.18 bits per heavy atom. The molecule has 1 nitrogen and oxygen atoms in total. The van der Waals surface area contributed by atoms with Crippen LogP contribution in [0.1, 0.15) is 50.7 Å². The molecule has 1 heterocycles. The summed E-state index contributed by atoms with van der Waals surface area (Å²) >= 11 is 0. The Morgan fingerprint density at radius 3 is 2.41 bits per heavy atom. The second-order valence-electron chi connectivity index (χ2n) is 6.14. The summed E-state index contributed by atoms with van der Waals surface area (Å²) in [5, 5.41) is 0. The first kappa shape index (κ1) is 12.6. The van der Waals surface area contributed by atoms with Gasteiger partial charge in [-0.25, -0.2) is 0 Å². The molecule has 2 rings (SSSR count). The zero-order valence-corrected chi connectivity index (χ0v) is 11.7. The number of rotatable bonds is 2. The van der Waals surface area contributed by atoms with Crippen molar-refractivity contribution in [3.63, 3.8) is 0 Å². The molecule has 0 spiro atoms. The van der Waals surface area contributed by atoms with Crippen LogP contribution in [0.4, 0.5) is 0 Å². The SMILES string of the molecule is CC(C)c1cccc(C2(C)CCN(C)CC2)c1. The van der Waals surface area contributed by atoms with Crippen LogP contribution < -0.4 is 0 Å². The van der Waals surface area contributed by atoms with Crippen molar-refractivity contribution in [1.29, 1.82) is 0 Å². The Labute approximate surface area is 106 Å². The Morgan fingerprint density at radius 2 is 1.82 bits per heavy atom. The molecule has 0 bridgehead atoms. The minimum Gasteiger partial charge on any atom is -0.306 e. The van der Waals surface area contributed by atoms with Gasteiger partial charge in [-0.05, 0) is 55.4 Å². The first-order chi connectivity index (χ1) is 8.01. The van der Waals surface area contributed by atoms with Crippen LogP contribution in [0.3, 0.4) is 0 Å². The maximum absolute atomic E-state index is 2.44. The van der Waals surface area contributed by atoms with Crippen LogP contribution in [-0.2, 0) is 5.41 Å². The molecular weight excluding hydrogens is 206 g/mol. The predicted molar refractivity (Wildman–Crippen MR) is 74.6 cm³/mol. The van der Waals surface area contributed by atoms with Crippen LogP contribution >= 0.6 is 0 Å². The lowest BCUT2D eigenvalue weighted by molar-refractivity contribution is 0.200. The van der Waals surface area contributed by atoms with Crippen molar-refractivity contribution >= 4 is 0 Å². The Balaban J connectivity index is 2.24. The summed E-state index contributed by atoms with van der Waals surface area (Å²) in [6.45, 7) is 9.43. The second-order valence-corrected chi connectivity index (χ2v) is 6.14. The third kappa shape index (κ3) is 2.71. The van der Waals surface area contributed by atoms with E-state index in [-0.39, 0.29) is 0 Å². The van der Waals surface area contributed by atoms with Crippen LogP contribution in [0, 0.1) is 0 Å². The fourth-order valence-electron chi connectivity index (χ4n) is 2.67. The van der Waals surface area contributed by atoms with E-state index >= 15 is 0 Å². The van der Waals surface area contributed by atoms with Crippen molar-refractivity contribution < 1.29 is 0 Å². The molecule has 94 valence electrons. The molecule has 1 saturated heterocycles. The highest BCUT2D eigenvalue weighted by Crippen LogP contribution is 2.35. The normalized spacial score (nSPS) is 20.8. The molecule has 0 aromatic heterocycles. The second kappa shape index (κ2) is 4.81. The molecule has 1 fully saturated rings. The van der Waals surface area contributed by atoms with Gasteiger partial charge in [-0.1, -0.05) is 45.0 Å². The summed E-state index contributed by atoms with van der Waals surface area (Å²) in [6.07, 6.45) is 2.57. The van der Waals surface area contributed by atoms with E-state index in [2.05, 4.69) is 57.0 Å². The minimum absolute atomic E-state index is 0.386. The lowest BCUT2D eigenvalue weighted by Gasteiger charge is -2.38. The third-order valence-electron chi connectivity index (χ3n) is 4.34. The van der Waals surface area contributed by atoms with E-state index in [1.165, 1.54) is 37.1 Å². The standard InChI is InChI=1S/C16H25N/c1-13(2)14-6-5-7-15(12-14)16(3)8-10-17(4)11-9-16/h5-7,12-13H,8-11H2,1-4H3. The Hall–Kier alpha value is -0.820. The van der Waals surface area contributed by atoms with Crippen LogP contribution in [0.15, 0.2) is 24.3 Å². The summed E-state index contributed by atoms with van der Waals surface area (Å²) in [4.78, 5) is 2.44. The van der Waals surface area contributed by atoms with Gasteiger partial charge >= 0.3 is 0 Å². The Kier molecular flexibility index (Phi) is 3.58. The molecule has 1 heteroatoms. The molecule has 17 heavy (non-hydrogen) atoms. The van der Waals surface area contributed by atoms with Crippen LogP contribution in [0.5, 0.6) is 0 Å². The van der Waals surface area contributed by atoms with E-state index in [1.54, 1.807) is 0 Å². The topological polar surface area (TPSA) is 3.24 Å². The van der Waals surface area contributed by atoms with Gasteiger partial charge < -0.3 is 4.90 Å². The summed E-state index contributed by atoms with van der Waals surface area (Å²) < 4.78 is 0. The number of nitrogens with zero attached hydrogens (tertiary/aromatic N) is 1. The molecule has 0 radical (unpaired) electrons. The van der Waals surface area contributed by atoms with Crippen molar-refractivity contribution in [2.24, 2.45) is 0 Å². The minimum atomic E-state index is 0.386. The van der Waals surface area contributed by atoms with E-state index in [0.29, 0.717) is 11.3 Å². The smallest absolute Gasteiger partial charge is 0.00134 e. The van der Waals surface area contributed by atoms with E-state index < -0.39 is 0 Å². The molecule has 0 N–H and O–H groups in total. The van der Waals surface area contributed by atoms with Gasteiger partial charge in [-0.2, -0.15) is 0 Å². The number of hydrogen-bond donors (Lipinski definition) is 0. The molecule has 0 saturated carbocycles. The van der Waals surface area contributed by atoms with E-state index in [0.717, 1.165) is 0 Å². The monoisotopic (exact) mass is 231 g/mol. The van der Waals surface area contributed by atoms with Gasteiger partial charge in [0.2, 0.25) is 0 Å². The van der Waals surface area contributed by atoms with Gasteiger partial charge in [0.25, 0.3) is 0 Å². The maximum atomic E-state index is 2.44. The van der Waals surface area contributed by atoms with Gasteiger partial charge in [0.1, 0.15) is 0 Å². The van der Waals surface area contributed by atoms with E-state index in [9.17, 15) is 0 Å². The molecule has 1 aromatic carbocycles. The van der Waals surface area contributed by atoms with Crippen LogP contribution in [-0.4, -0.2) is 25.0 Å². The fourth-order valence-corrected chi connectivity index (χ4v) is 2.67. The van der Waals surface area contributed by atoms with Crippen molar-refractivity contribution in [2.45, 2.75) is 44.9 Å². The lowest BCUT2D eigenvalue weighted by atomic mass is 9.74. The molecule has 0 unspecified atom stereocenters. The highest BCUT2D eigenvalue weighted by Gasteiger charge is 2.30. The van der Waals surface area contributed by atoms with Crippen LogP contribution in [0.25, 0.3) is 0 Å². The lowest BCUT2D eigenvalue weighted by Crippen LogP contribution is -2.38. The summed E-state index contributed by atoms with van der Waals surface area (Å²) in [5.74, 6) is 0.629. The quantitative estimate of drug-likeness (QED) is 0.748. The number of piperidine rings is 1. The van der Waals surface area contributed by atoms with Crippen molar-refractivity contribution in [1.82, 2.24) is 4.90 Å². The molecular formula is C16H25N. The zero-order chi connectivity index (χ0) is 12.5. The summed E-state index contributed by atoms with van der Waals surface area (Å²) in [7, 11) is 2.23. The average Bonchev–Trinajstić information content (AvgIpc) is 2.33. The predicted octanol–water partition coefficient (Wildman–Crippen LogP) is 3.79. The Bertz CT molecular complexity index is 373. The largest absolute Gasteiger partial charge is 0.306 e. The molecule has 0 aliphatic carbocycles. The van der Waals surface area contributed by atoms with Crippen LogP contribution in [0.2, 0.25) is 0 Å². The fraction of sp³-hybridized carbons (Fsp3) is 0.625. The van der Waals surface area contributed by atoms with Gasteiger partial charge in [0.05, 0.1) is 0 Å². The summed E-state index contributed by atoms with van der Waals surface area (Å²) in [6, 6.07) is 9.23. The van der Waals surface area contributed by atoms with Gasteiger partial charge in [0, 0.05) is 0 Å². The zero-order valence-electron chi connectivity index (χ0n) is 11.7. The average molecular weight is 231 g/mol. The van der Waals surface area contributed by atoms with Gasteiger partial charge in [0.15, 0.2) is 0 Å². The highest BCUT2D eigenvalue weighted by atomic mass is 15.1. The van der Waals surface area contributed by atoms with Gasteiger partial charge in [-0.3, -0.25) is 0 Å². The van der Waals surface area contributed by atoms with E-state index in [1.807, 2.05) is 0 Å². The first-order valence-electron chi connectivity index (χ1n) is 6.80. The van der Waals surface area contributed by atoms with E-state index in [4.69, 9.17) is 0 Å². The number of likely N-dealkylation sites (tertiary alicyclic amines) is 1. The molecule has 0 amide bonds. The third-order valence-corrected chi connectivity index (χ3v) is 4.34. The molecule has 0 atom stereocenters.